The molecule has 136 valence electrons. The fourth-order valence-corrected chi connectivity index (χ4v) is 2.49. The molecule has 7 heteroatoms. The molecule has 3 aromatic carbocycles. The van der Waals surface area contributed by atoms with Crippen LogP contribution in [0.2, 0.25) is 5.02 Å². The van der Waals surface area contributed by atoms with Crippen molar-refractivity contribution in [1.29, 1.82) is 0 Å². The summed E-state index contributed by atoms with van der Waals surface area (Å²) in [4.78, 5) is 14.7. The average Bonchev–Trinajstić information content (AvgIpc) is 2.68. The van der Waals surface area contributed by atoms with E-state index in [9.17, 15) is 10.1 Å². The highest BCUT2D eigenvalue weighted by Gasteiger charge is 2.11. The van der Waals surface area contributed by atoms with Gasteiger partial charge in [0.1, 0.15) is 22.3 Å². The van der Waals surface area contributed by atoms with Crippen LogP contribution >= 0.6 is 11.6 Å². The van der Waals surface area contributed by atoms with E-state index < -0.39 is 4.92 Å². The predicted octanol–water partition coefficient (Wildman–Crippen LogP) is 5.80. The average molecular weight is 383 g/mol. The van der Waals surface area contributed by atoms with Crippen LogP contribution in [0.25, 0.3) is 0 Å². The fraction of sp³-hybridized carbons (Fsp3) is 0.0500. The summed E-state index contributed by atoms with van der Waals surface area (Å²) in [7, 11) is 1.60. The van der Waals surface area contributed by atoms with Gasteiger partial charge in [0.05, 0.1) is 17.7 Å². The molecule has 27 heavy (non-hydrogen) atoms. The van der Waals surface area contributed by atoms with Crippen LogP contribution in [0.1, 0.15) is 5.56 Å². The van der Waals surface area contributed by atoms with Gasteiger partial charge in [-0.2, -0.15) is 0 Å². The molecule has 0 amide bonds. The molecular formula is C20H15ClN2O4. The summed E-state index contributed by atoms with van der Waals surface area (Å²) >= 11 is 5.80. The van der Waals surface area contributed by atoms with Crippen molar-refractivity contribution in [3.05, 3.63) is 87.4 Å². The Labute approximate surface area is 160 Å². The van der Waals surface area contributed by atoms with Crippen molar-refractivity contribution in [2.24, 2.45) is 4.99 Å². The Morgan fingerprint density at radius 1 is 1.00 bits per heavy atom. The molecule has 0 aliphatic heterocycles. The molecule has 0 saturated carbocycles. The molecular weight excluding hydrogens is 368 g/mol. The predicted molar refractivity (Wildman–Crippen MR) is 105 cm³/mol. The number of methoxy groups -OCH3 is 1. The van der Waals surface area contributed by atoms with E-state index >= 15 is 0 Å². The van der Waals surface area contributed by atoms with E-state index in [4.69, 9.17) is 21.1 Å². The van der Waals surface area contributed by atoms with E-state index in [-0.39, 0.29) is 10.7 Å². The van der Waals surface area contributed by atoms with Crippen LogP contribution in [-0.2, 0) is 0 Å². The molecule has 0 N–H and O–H groups in total. The topological polar surface area (TPSA) is 74.0 Å². The second-order valence-electron chi connectivity index (χ2n) is 5.50. The molecule has 0 aromatic heterocycles. The van der Waals surface area contributed by atoms with Crippen LogP contribution in [0.3, 0.4) is 0 Å². The molecule has 0 saturated heterocycles. The minimum absolute atomic E-state index is 0.0937. The summed E-state index contributed by atoms with van der Waals surface area (Å²) in [6.45, 7) is 0. The van der Waals surface area contributed by atoms with Gasteiger partial charge in [-0.15, -0.1) is 0 Å². The van der Waals surface area contributed by atoms with Gasteiger partial charge < -0.3 is 9.47 Å². The van der Waals surface area contributed by atoms with Gasteiger partial charge in [0.25, 0.3) is 5.69 Å². The number of nitro groups is 1. The van der Waals surface area contributed by atoms with Crippen molar-refractivity contribution in [2.75, 3.05) is 7.11 Å². The summed E-state index contributed by atoms with van der Waals surface area (Å²) in [6.07, 6.45) is 1.54. The first-order valence-corrected chi connectivity index (χ1v) is 8.33. The van der Waals surface area contributed by atoms with Crippen molar-refractivity contribution in [1.82, 2.24) is 0 Å². The number of rotatable bonds is 6. The minimum Gasteiger partial charge on any atom is -0.497 e. The molecule has 0 atom stereocenters. The van der Waals surface area contributed by atoms with E-state index in [1.165, 1.54) is 12.1 Å². The van der Waals surface area contributed by atoms with Gasteiger partial charge in [0.15, 0.2) is 0 Å². The van der Waals surface area contributed by atoms with Crippen LogP contribution in [-0.4, -0.2) is 18.2 Å². The zero-order valence-corrected chi connectivity index (χ0v) is 15.1. The van der Waals surface area contributed by atoms with Gasteiger partial charge >= 0.3 is 0 Å². The molecule has 0 unspecified atom stereocenters. The number of benzene rings is 3. The summed E-state index contributed by atoms with van der Waals surface area (Å²) in [6, 6.07) is 19.0. The quantitative estimate of drug-likeness (QED) is 0.307. The lowest BCUT2D eigenvalue weighted by molar-refractivity contribution is -0.384. The van der Waals surface area contributed by atoms with E-state index in [0.29, 0.717) is 28.5 Å². The molecule has 0 bridgehead atoms. The smallest absolute Gasteiger partial charge is 0.288 e. The molecule has 0 aliphatic carbocycles. The normalized spacial score (nSPS) is 10.7. The van der Waals surface area contributed by atoms with E-state index in [0.717, 1.165) is 0 Å². The first-order valence-electron chi connectivity index (χ1n) is 7.95. The number of ether oxygens (including phenoxy) is 2. The first kappa shape index (κ1) is 18.4. The Hall–Kier alpha value is -3.38. The van der Waals surface area contributed by atoms with Gasteiger partial charge in [-0.05, 0) is 48.0 Å². The Balaban J connectivity index is 1.71. The third-order valence-electron chi connectivity index (χ3n) is 3.64. The molecule has 3 aromatic rings. The molecule has 0 aliphatic rings. The van der Waals surface area contributed by atoms with Gasteiger partial charge in [-0.3, -0.25) is 15.1 Å². The number of nitro benzene ring substituents is 1. The molecule has 0 fully saturated rings. The van der Waals surface area contributed by atoms with Crippen LogP contribution in [0, 0.1) is 10.1 Å². The van der Waals surface area contributed by atoms with Crippen LogP contribution in [0.4, 0.5) is 11.4 Å². The highest BCUT2D eigenvalue weighted by Crippen LogP contribution is 2.27. The van der Waals surface area contributed by atoms with Crippen molar-refractivity contribution in [2.45, 2.75) is 0 Å². The number of hydrogen-bond donors (Lipinski definition) is 0. The number of hydrogen-bond acceptors (Lipinski definition) is 5. The standard InChI is InChI=1S/C20H15ClN2O4/c1-26-17-3-2-4-18(12-17)27-16-8-6-15(7-9-16)22-13-14-5-10-19(21)20(11-14)23(24)25/h2-13H,1H3. The van der Waals surface area contributed by atoms with Crippen LogP contribution in [0.5, 0.6) is 17.2 Å². The lowest BCUT2D eigenvalue weighted by atomic mass is 10.2. The van der Waals surface area contributed by atoms with E-state index in [2.05, 4.69) is 4.99 Å². The summed E-state index contributed by atoms with van der Waals surface area (Å²) in [5.74, 6) is 2.04. The third-order valence-corrected chi connectivity index (χ3v) is 3.96. The molecule has 0 spiro atoms. The van der Waals surface area contributed by atoms with E-state index in [1.54, 1.807) is 49.7 Å². The lowest BCUT2D eigenvalue weighted by Gasteiger charge is -2.07. The number of halogens is 1. The van der Waals surface area contributed by atoms with Crippen molar-refractivity contribution < 1.29 is 14.4 Å². The highest BCUT2D eigenvalue weighted by molar-refractivity contribution is 6.32. The van der Waals surface area contributed by atoms with Crippen molar-refractivity contribution in [3.8, 4) is 17.2 Å². The van der Waals surface area contributed by atoms with Gasteiger partial charge in [-0.1, -0.05) is 23.7 Å². The number of nitrogens with zero attached hydrogens (tertiary/aromatic N) is 2. The fourth-order valence-electron chi connectivity index (χ4n) is 2.30. The Kier molecular flexibility index (Phi) is 5.68. The maximum absolute atomic E-state index is 10.9. The van der Waals surface area contributed by atoms with Crippen molar-refractivity contribution in [3.63, 3.8) is 0 Å². The van der Waals surface area contributed by atoms with Gasteiger partial charge in [0, 0.05) is 18.3 Å². The second kappa shape index (κ2) is 8.33. The summed E-state index contributed by atoms with van der Waals surface area (Å²) in [5, 5.41) is 11.0. The second-order valence-corrected chi connectivity index (χ2v) is 5.91. The maximum Gasteiger partial charge on any atom is 0.288 e. The Morgan fingerprint density at radius 3 is 2.44 bits per heavy atom. The number of aliphatic imine (C=N–C) groups is 1. The zero-order chi connectivity index (χ0) is 19.2. The molecule has 6 nitrogen and oxygen atoms in total. The van der Waals surface area contributed by atoms with Gasteiger partial charge in [-0.25, -0.2) is 0 Å². The summed E-state index contributed by atoms with van der Waals surface area (Å²) < 4.78 is 10.9. The molecule has 3 rings (SSSR count). The van der Waals surface area contributed by atoms with E-state index in [1.807, 2.05) is 18.2 Å². The van der Waals surface area contributed by atoms with Crippen LogP contribution in [0.15, 0.2) is 71.7 Å². The highest BCUT2D eigenvalue weighted by atomic mass is 35.5. The minimum atomic E-state index is -0.523. The maximum atomic E-state index is 10.9. The summed E-state index contributed by atoms with van der Waals surface area (Å²) in [5.41, 5.74) is 1.12. The Bertz CT molecular complexity index is 988. The SMILES string of the molecule is COc1cccc(Oc2ccc(N=Cc3ccc(Cl)c([N+](=O)[O-])c3)cc2)c1. The third kappa shape index (κ3) is 4.83. The Morgan fingerprint density at radius 2 is 1.74 bits per heavy atom. The molecule has 0 radical (unpaired) electrons. The van der Waals surface area contributed by atoms with Gasteiger partial charge in [0.2, 0.25) is 0 Å². The lowest BCUT2D eigenvalue weighted by Crippen LogP contribution is -1.91. The first-order chi connectivity index (χ1) is 13.0. The van der Waals surface area contributed by atoms with Crippen LogP contribution < -0.4 is 9.47 Å². The monoisotopic (exact) mass is 382 g/mol. The zero-order valence-electron chi connectivity index (χ0n) is 14.3. The van der Waals surface area contributed by atoms with Crippen molar-refractivity contribution >= 4 is 29.2 Å². The largest absolute Gasteiger partial charge is 0.497 e. The molecule has 0 heterocycles.